The molecular weight excluding hydrogens is 282 g/mol. The normalized spacial score (nSPS) is 15.0. The van der Waals surface area contributed by atoms with Crippen LogP contribution < -0.4 is 5.32 Å². The lowest BCUT2D eigenvalue weighted by molar-refractivity contribution is -0.116. The van der Waals surface area contributed by atoms with Crippen molar-refractivity contribution < 1.29 is 9.53 Å². The van der Waals surface area contributed by atoms with Gasteiger partial charge in [-0.1, -0.05) is 46.3 Å². The number of hydrogen-bond donors (Lipinski definition) is 1. The quantitative estimate of drug-likeness (QED) is 0.848. The smallest absolute Gasteiger partial charge is 0.201 e. The molecule has 0 saturated heterocycles. The standard InChI is InChI=1S/C13H14BrNO2/c14-7-6-11-12(16)9-17-13(11)15-8-10-4-2-1-3-5-10/h1-5,15H,6-9H2. The molecule has 0 amide bonds. The van der Waals surface area contributed by atoms with E-state index in [0.717, 1.165) is 10.9 Å². The summed E-state index contributed by atoms with van der Waals surface area (Å²) in [4.78, 5) is 11.5. The van der Waals surface area contributed by atoms with Gasteiger partial charge in [-0.15, -0.1) is 0 Å². The molecular formula is C13H14BrNO2. The van der Waals surface area contributed by atoms with Crippen LogP contribution in [0.1, 0.15) is 12.0 Å². The molecule has 90 valence electrons. The lowest BCUT2D eigenvalue weighted by Crippen LogP contribution is -2.14. The van der Waals surface area contributed by atoms with E-state index in [0.29, 0.717) is 18.8 Å². The number of halogens is 1. The molecule has 1 N–H and O–H groups in total. The van der Waals surface area contributed by atoms with Crippen LogP contribution in [0.2, 0.25) is 0 Å². The number of rotatable bonds is 5. The average Bonchev–Trinajstić information content (AvgIpc) is 2.70. The summed E-state index contributed by atoms with van der Waals surface area (Å²) in [5.41, 5.74) is 1.93. The Kier molecular flexibility index (Phi) is 4.20. The fraction of sp³-hybridized carbons (Fsp3) is 0.308. The predicted octanol–water partition coefficient (Wildman–Crippen LogP) is 2.37. The van der Waals surface area contributed by atoms with Gasteiger partial charge in [0, 0.05) is 11.9 Å². The van der Waals surface area contributed by atoms with Crippen LogP contribution in [0, 0.1) is 0 Å². The van der Waals surface area contributed by atoms with Crippen LogP contribution in [-0.4, -0.2) is 17.7 Å². The van der Waals surface area contributed by atoms with Crippen molar-refractivity contribution in [2.45, 2.75) is 13.0 Å². The minimum Gasteiger partial charge on any atom is -0.471 e. The average molecular weight is 296 g/mol. The Morgan fingerprint density at radius 2 is 2.06 bits per heavy atom. The summed E-state index contributed by atoms with van der Waals surface area (Å²) in [7, 11) is 0. The second kappa shape index (κ2) is 5.87. The first kappa shape index (κ1) is 12.2. The van der Waals surface area contributed by atoms with E-state index in [1.807, 2.05) is 30.3 Å². The van der Waals surface area contributed by atoms with Crippen molar-refractivity contribution in [1.29, 1.82) is 0 Å². The molecule has 3 nitrogen and oxygen atoms in total. The Hall–Kier alpha value is -1.29. The van der Waals surface area contributed by atoms with Crippen molar-refractivity contribution in [3.63, 3.8) is 0 Å². The fourth-order valence-electron chi connectivity index (χ4n) is 1.72. The molecule has 1 aliphatic rings. The summed E-state index contributed by atoms with van der Waals surface area (Å²) in [5, 5.41) is 3.95. The minimum atomic E-state index is 0.0833. The van der Waals surface area contributed by atoms with E-state index in [4.69, 9.17) is 4.74 Å². The highest BCUT2D eigenvalue weighted by Crippen LogP contribution is 2.18. The Morgan fingerprint density at radius 1 is 1.29 bits per heavy atom. The molecule has 1 heterocycles. The second-order valence-corrected chi connectivity index (χ2v) is 4.59. The van der Waals surface area contributed by atoms with Crippen molar-refractivity contribution in [2.24, 2.45) is 0 Å². The molecule has 1 aliphatic heterocycles. The molecule has 0 aliphatic carbocycles. The second-order valence-electron chi connectivity index (χ2n) is 3.80. The van der Waals surface area contributed by atoms with Crippen LogP contribution >= 0.6 is 15.9 Å². The van der Waals surface area contributed by atoms with Gasteiger partial charge in [0.1, 0.15) is 0 Å². The zero-order valence-electron chi connectivity index (χ0n) is 9.41. The molecule has 0 saturated carbocycles. The third kappa shape index (κ3) is 3.09. The van der Waals surface area contributed by atoms with E-state index in [-0.39, 0.29) is 12.4 Å². The van der Waals surface area contributed by atoms with E-state index in [1.54, 1.807) is 0 Å². The minimum absolute atomic E-state index is 0.0833. The van der Waals surface area contributed by atoms with Crippen LogP contribution in [-0.2, 0) is 16.1 Å². The van der Waals surface area contributed by atoms with E-state index in [9.17, 15) is 4.79 Å². The van der Waals surface area contributed by atoms with E-state index in [1.165, 1.54) is 5.56 Å². The lowest BCUT2D eigenvalue weighted by atomic mass is 10.1. The molecule has 0 fully saturated rings. The number of carbonyl (C=O) groups excluding carboxylic acids is 1. The van der Waals surface area contributed by atoms with E-state index in [2.05, 4.69) is 21.2 Å². The van der Waals surface area contributed by atoms with Gasteiger partial charge in [-0.2, -0.15) is 0 Å². The number of Topliss-reactive ketones (excluding diaryl/α,β-unsaturated/α-hetero) is 1. The Labute approximate surface area is 109 Å². The number of alkyl halides is 1. The third-order valence-corrected chi connectivity index (χ3v) is 3.00. The van der Waals surface area contributed by atoms with Crippen molar-refractivity contribution in [2.75, 3.05) is 11.9 Å². The van der Waals surface area contributed by atoms with Crippen molar-refractivity contribution >= 4 is 21.7 Å². The summed E-state index contributed by atoms with van der Waals surface area (Å²) < 4.78 is 5.35. The first-order chi connectivity index (χ1) is 8.31. The summed E-state index contributed by atoms with van der Waals surface area (Å²) >= 11 is 3.34. The molecule has 0 aromatic heterocycles. The summed E-state index contributed by atoms with van der Waals surface area (Å²) in [6.07, 6.45) is 0.704. The molecule has 4 heteroatoms. The van der Waals surface area contributed by atoms with Gasteiger partial charge in [0.05, 0.1) is 5.57 Å². The maximum atomic E-state index is 11.5. The topological polar surface area (TPSA) is 38.3 Å². The number of ether oxygens (including phenoxy) is 1. The van der Waals surface area contributed by atoms with Crippen LogP contribution in [0.3, 0.4) is 0 Å². The fourth-order valence-corrected chi connectivity index (χ4v) is 2.12. The van der Waals surface area contributed by atoms with Crippen LogP contribution in [0.15, 0.2) is 41.8 Å². The zero-order chi connectivity index (χ0) is 12.1. The molecule has 17 heavy (non-hydrogen) atoms. The van der Waals surface area contributed by atoms with Crippen LogP contribution in [0.4, 0.5) is 0 Å². The van der Waals surface area contributed by atoms with Gasteiger partial charge in [-0.25, -0.2) is 0 Å². The van der Waals surface area contributed by atoms with Gasteiger partial charge < -0.3 is 10.1 Å². The van der Waals surface area contributed by atoms with E-state index >= 15 is 0 Å². The van der Waals surface area contributed by atoms with Gasteiger partial charge >= 0.3 is 0 Å². The predicted molar refractivity (Wildman–Crippen MR) is 69.7 cm³/mol. The molecule has 0 atom stereocenters. The highest BCUT2D eigenvalue weighted by atomic mass is 79.9. The van der Waals surface area contributed by atoms with Gasteiger partial charge in [0.25, 0.3) is 0 Å². The number of hydrogen-bond acceptors (Lipinski definition) is 3. The number of benzene rings is 1. The Morgan fingerprint density at radius 3 is 2.76 bits per heavy atom. The van der Waals surface area contributed by atoms with Gasteiger partial charge in [0.15, 0.2) is 12.5 Å². The SMILES string of the molecule is O=C1COC(NCc2ccccc2)=C1CCBr. The van der Waals surface area contributed by atoms with Crippen molar-refractivity contribution in [3.8, 4) is 0 Å². The van der Waals surface area contributed by atoms with Crippen molar-refractivity contribution in [3.05, 3.63) is 47.4 Å². The number of carbonyl (C=O) groups is 1. The van der Waals surface area contributed by atoms with E-state index < -0.39 is 0 Å². The van der Waals surface area contributed by atoms with Gasteiger partial charge in [0.2, 0.25) is 5.78 Å². The lowest BCUT2D eigenvalue weighted by Gasteiger charge is -2.08. The molecule has 0 spiro atoms. The molecule has 0 radical (unpaired) electrons. The summed E-state index contributed by atoms with van der Waals surface area (Å²) in [6.45, 7) is 0.842. The Bertz CT molecular complexity index is 428. The van der Waals surface area contributed by atoms with Crippen LogP contribution in [0.25, 0.3) is 0 Å². The van der Waals surface area contributed by atoms with Gasteiger partial charge in [-0.05, 0) is 12.0 Å². The number of ketones is 1. The summed E-state index contributed by atoms with van der Waals surface area (Å²) in [5.74, 6) is 0.721. The molecule has 2 rings (SSSR count). The highest BCUT2D eigenvalue weighted by Gasteiger charge is 2.23. The maximum Gasteiger partial charge on any atom is 0.201 e. The maximum absolute atomic E-state index is 11.5. The van der Waals surface area contributed by atoms with Crippen molar-refractivity contribution in [1.82, 2.24) is 5.32 Å². The molecule has 0 unspecified atom stereocenters. The largest absolute Gasteiger partial charge is 0.471 e. The monoisotopic (exact) mass is 295 g/mol. The van der Waals surface area contributed by atoms with Crippen LogP contribution in [0.5, 0.6) is 0 Å². The highest BCUT2D eigenvalue weighted by molar-refractivity contribution is 9.09. The first-order valence-electron chi connectivity index (χ1n) is 5.54. The summed E-state index contributed by atoms with van der Waals surface area (Å²) in [6, 6.07) is 10.0. The molecule has 0 bridgehead atoms. The first-order valence-corrected chi connectivity index (χ1v) is 6.66. The molecule has 1 aromatic carbocycles. The zero-order valence-corrected chi connectivity index (χ0v) is 11.0. The molecule has 1 aromatic rings. The number of nitrogens with one attached hydrogen (secondary N) is 1. The third-order valence-electron chi connectivity index (χ3n) is 2.60. The van der Waals surface area contributed by atoms with Gasteiger partial charge in [-0.3, -0.25) is 4.79 Å². The Balaban J connectivity index is 2.00.